The Morgan fingerprint density at radius 1 is 1.50 bits per heavy atom. The van der Waals surface area contributed by atoms with Crippen molar-refractivity contribution in [3.63, 3.8) is 0 Å². The molecule has 0 aliphatic rings. The molecular weight excluding hydrogens is 296 g/mol. The summed E-state index contributed by atoms with van der Waals surface area (Å²) >= 11 is 3.31. The molecule has 0 amide bonds. The number of aryl methyl sites for hydroxylation is 1. The fourth-order valence-corrected chi connectivity index (χ4v) is 1.93. The second-order valence-corrected chi connectivity index (χ2v) is 5.08. The zero-order chi connectivity index (χ0) is 13.0. The fourth-order valence-electron chi connectivity index (χ4n) is 1.60. The summed E-state index contributed by atoms with van der Waals surface area (Å²) in [4.78, 5) is 0. The summed E-state index contributed by atoms with van der Waals surface area (Å²) < 4.78 is 8.10. The van der Waals surface area contributed by atoms with Gasteiger partial charge in [0.2, 0.25) is 0 Å². The maximum absolute atomic E-state index is 9.84. The van der Waals surface area contributed by atoms with Gasteiger partial charge in [0.05, 0.1) is 17.2 Å². The van der Waals surface area contributed by atoms with E-state index in [1.54, 1.807) is 10.9 Å². The smallest absolute Gasteiger partial charge is 0.119 e. The topological polar surface area (TPSA) is 47.3 Å². The third-order valence-corrected chi connectivity index (χ3v) is 2.84. The lowest BCUT2D eigenvalue weighted by Gasteiger charge is -2.12. The number of aliphatic hydroxyl groups is 1. The highest BCUT2D eigenvalue weighted by Gasteiger charge is 2.07. The molecule has 96 valence electrons. The van der Waals surface area contributed by atoms with Crippen LogP contribution in [0.15, 0.2) is 41.1 Å². The van der Waals surface area contributed by atoms with E-state index < -0.39 is 6.10 Å². The SMILES string of the molecule is Cc1cccc(OCC(O)Cn2cc(Br)cn2)c1. The van der Waals surface area contributed by atoms with E-state index in [1.807, 2.05) is 37.4 Å². The Hall–Kier alpha value is -1.33. The van der Waals surface area contributed by atoms with Gasteiger partial charge >= 0.3 is 0 Å². The number of nitrogens with zero attached hydrogens (tertiary/aromatic N) is 2. The predicted molar refractivity (Wildman–Crippen MR) is 72.6 cm³/mol. The molecule has 1 aromatic carbocycles. The van der Waals surface area contributed by atoms with Gasteiger partial charge in [-0.05, 0) is 40.5 Å². The van der Waals surface area contributed by atoms with E-state index in [1.165, 1.54) is 0 Å². The van der Waals surface area contributed by atoms with Gasteiger partial charge in [-0.2, -0.15) is 5.10 Å². The summed E-state index contributed by atoms with van der Waals surface area (Å²) in [6.45, 7) is 2.67. The second kappa shape index (κ2) is 6.02. The number of benzene rings is 1. The normalized spacial score (nSPS) is 12.4. The van der Waals surface area contributed by atoms with Gasteiger partial charge in [0.15, 0.2) is 0 Å². The molecule has 0 saturated carbocycles. The molecule has 0 fully saturated rings. The van der Waals surface area contributed by atoms with Crippen molar-refractivity contribution in [1.82, 2.24) is 9.78 Å². The zero-order valence-corrected chi connectivity index (χ0v) is 11.7. The first-order valence-electron chi connectivity index (χ1n) is 5.69. The third-order valence-electron chi connectivity index (χ3n) is 2.43. The van der Waals surface area contributed by atoms with E-state index in [2.05, 4.69) is 21.0 Å². The third kappa shape index (κ3) is 3.85. The molecule has 1 N–H and O–H groups in total. The monoisotopic (exact) mass is 310 g/mol. The molecule has 0 aliphatic heterocycles. The number of hydrogen-bond acceptors (Lipinski definition) is 3. The van der Waals surface area contributed by atoms with Crippen molar-refractivity contribution in [3.8, 4) is 5.75 Å². The van der Waals surface area contributed by atoms with Crippen molar-refractivity contribution in [2.45, 2.75) is 19.6 Å². The standard InChI is InChI=1S/C13H15BrN2O2/c1-10-3-2-4-13(5-10)18-9-12(17)8-16-7-11(14)6-15-16/h2-7,12,17H,8-9H2,1H3. The first-order valence-corrected chi connectivity index (χ1v) is 6.48. The van der Waals surface area contributed by atoms with E-state index >= 15 is 0 Å². The molecular formula is C13H15BrN2O2. The van der Waals surface area contributed by atoms with E-state index in [0.29, 0.717) is 6.54 Å². The lowest BCUT2D eigenvalue weighted by atomic mass is 10.2. The number of ether oxygens (including phenoxy) is 1. The lowest BCUT2D eigenvalue weighted by Crippen LogP contribution is -2.23. The average molecular weight is 311 g/mol. The van der Waals surface area contributed by atoms with Gasteiger partial charge in [-0.25, -0.2) is 0 Å². The van der Waals surface area contributed by atoms with Crippen LogP contribution in [0.3, 0.4) is 0 Å². The van der Waals surface area contributed by atoms with Crippen molar-refractivity contribution < 1.29 is 9.84 Å². The Bertz CT molecular complexity index is 513. The van der Waals surface area contributed by atoms with Crippen molar-refractivity contribution in [2.75, 3.05) is 6.61 Å². The molecule has 1 unspecified atom stereocenters. The highest BCUT2D eigenvalue weighted by atomic mass is 79.9. The molecule has 0 saturated heterocycles. The van der Waals surface area contributed by atoms with Crippen molar-refractivity contribution >= 4 is 15.9 Å². The Labute approximate surface area is 114 Å². The maximum Gasteiger partial charge on any atom is 0.119 e. The average Bonchev–Trinajstić information content (AvgIpc) is 2.72. The summed E-state index contributed by atoms with van der Waals surface area (Å²) in [5, 5.41) is 13.9. The minimum absolute atomic E-state index is 0.251. The predicted octanol–water partition coefficient (Wildman–Crippen LogP) is 2.39. The van der Waals surface area contributed by atoms with Crippen LogP contribution in [-0.4, -0.2) is 27.6 Å². The van der Waals surface area contributed by atoms with Crippen LogP contribution in [0.1, 0.15) is 5.56 Å². The minimum Gasteiger partial charge on any atom is -0.491 e. The largest absolute Gasteiger partial charge is 0.491 e. The van der Waals surface area contributed by atoms with Crippen LogP contribution in [0.4, 0.5) is 0 Å². The van der Waals surface area contributed by atoms with Gasteiger partial charge in [-0.1, -0.05) is 12.1 Å². The van der Waals surface area contributed by atoms with Crippen molar-refractivity contribution in [2.24, 2.45) is 0 Å². The zero-order valence-electron chi connectivity index (χ0n) is 10.1. The van der Waals surface area contributed by atoms with Crippen LogP contribution >= 0.6 is 15.9 Å². The molecule has 2 aromatic rings. The van der Waals surface area contributed by atoms with Crippen molar-refractivity contribution in [3.05, 3.63) is 46.7 Å². The van der Waals surface area contributed by atoms with Crippen LogP contribution in [0.5, 0.6) is 5.75 Å². The molecule has 0 radical (unpaired) electrons. The molecule has 2 rings (SSSR count). The Kier molecular flexibility index (Phi) is 4.38. The van der Waals surface area contributed by atoms with E-state index in [9.17, 15) is 5.11 Å². The summed E-state index contributed by atoms with van der Waals surface area (Å²) in [5.41, 5.74) is 1.14. The van der Waals surface area contributed by atoms with Crippen molar-refractivity contribution in [1.29, 1.82) is 0 Å². The maximum atomic E-state index is 9.84. The first kappa shape index (κ1) is 13.1. The molecule has 1 atom stereocenters. The van der Waals surface area contributed by atoms with Gasteiger partial charge in [-0.15, -0.1) is 0 Å². The van der Waals surface area contributed by atoms with E-state index in [-0.39, 0.29) is 6.61 Å². The van der Waals surface area contributed by atoms with E-state index in [4.69, 9.17) is 4.74 Å². The highest BCUT2D eigenvalue weighted by Crippen LogP contribution is 2.13. The quantitative estimate of drug-likeness (QED) is 0.922. The summed E-state index contributed by atoms with van der Waals surface area (Å²) in [6, 6.07) is 7.76. The van der Waals surface area contributed by atoms with Crippen LogP contribution in [0.2, 0.25) is 0 Å². The molecule has 0 aliphatic carbocycles. The minimum atomic E-state index is -0.586. The summed E-state index contributed by atoms with van der Waals surface area (Å²) in [5.74, 6) is 0.774. The lowest BCUT2D eigenvalue weighted by molar-refractivity contribution is 0.0893. The molecule has 0 spiro atoms. The van der Waals surface area contributed by atoms with Gasteiger partial charge in [0, 0.05) is 6.20 Å². The van der Waals surface area contributed by atoms with Gasteiger partial charge in [0.25, 0.3) is 0 Å². The molecule has 0 bridgehead atoms. The molecule has 18 heavy (non-hydrogen) atoms. The van der Waals surface area contributed by atoms with E-state index in [0.717, 1.165) is 15.8 Å². The molecule has 4 nitrogen and oxygen atoms in total. The first-order chi connectivity index (χ1) is 8.63. The van der Waals surface area contributed by atoms with Gasteiger partial charge in [0.1, 0.15) is 18.5 Å². The van der Waals surface area contributed by atoms with Gasteiger partial charge in [-0.3, -0.25) is 4.68 Å². The van der Waals surface area contributed by atoms with Gasteiger partial charge < -0.3 is 9.84 Å². The number of rotatable bonds is 5. The van der Waals surface area contributed by atoms with Crippen LogP contribution in [-0.2, 0) is 6.54 Å². The number of aromatic nitrogens is 2. The summed E-state index contributed by atoms with van der Waals surface area (Å²) in [6.07, 6.45) is 2.92. The number of aliphatic hydroxyl groups excluding tert-OH is 1. The molecule has 5 heteroatoms. The van der Waals surface area contributed by atoms with Crippen LogP contribution in [0, 0.1) is 6.92 Å². The van der Waals surface area contributed by atoms with Crippen LogP contribution in [0.25, 0.3) is 0 Å². The molecule has 1 aromatic heterocycles. The van der Waals surface area contributed by atoms with Crippen LogP contribution < -0.4 is 4.74 Å². The second-order valence-electron chi connectivity index (χ2n) is 4.16. The highest BCUT2D eigenvalue weighted by molar-refractivity contribution is 9.10. The fraction of sp³-hybridized carbons (Fsp3) is 0.308. The summed E-state index contributed by atoms with van der Waals surface area (Å²) in [7, 11) is 0. The Morgan fingerprint density at radius 3 is 3.00 bits per heavy atom. The molecule has 1 heterocycles. The number of halogens is 1. The number of hydrogen-bond donors (Lipinski definition) is 1. The Balaban J connectivity index is 1.83. The Morgan fingerprint density at radius 2 is 2.33 bits per heavy atom.